The van der Waals surface area contributed by atoms with E-state index in [-0.39, 0.29) is 0 Å². The molecule has 0 atom stereocenters. The topological polar surface area (TPSA) is 66.6 Å². The molecule has 2 N–H and O–H groups in total. The van der Waals surface area contributed by atoms with Crippen molar-refractivity contribution in [1.29, 1.82) is 0 Å². The molecule has 1 saturated heterocycles. The Morgan fingerprint density at radius 3 is 2.28 bits per heavy atom. The maximum absolute atomic E-state index is 12.4. The second-order valence-corrected chi connectivity index (χ2v) is 6.98. The average Bonchev–Trinajstić information content (AvgIpc) is 2.57. The van der Waals surface area contributed by atoms with Crippen LogP contribution >= 0.6 is 12.2 Å². The molecular weight excluding hydrogens is 270 g/mol. The molecule has 0 saturated carbocycles. The van der Waals surface area contributed by atoms with Crippen molar-refractivity contribution in [3.05, 3.63) is 0 Å². The molecule has 1 aliphatic heterocycles. The molecule has 5 nitrogen and oxygen atoms in total. The Morgan fingerprint density at radius 2 is 1.83 bits per heavy atom. The smallest absolute Gasteiger partial charge is 0.281 e. The highest BCUT2D eigenvalue weighted by Gasteiger charge is 2.28. The third kappa shape index (κ3) is 4.46. The summed E-state index contributed by atoms with van der Waals surface area (Å²) in [6.45, 7) is 3.94. The van der Waals surface area contributed by atoms with Gasteiger partial charge in [0.15, 0.2) is 0 Å². The lowest BCUT2D eigenvalue weighted by atomic mass is 10.2. The number of hydrogen-bond acceptors (Lipinski definition) is 3. The third-order valence-electron chi connectivity index (χ3n) is 3.18. The largest absolute Gasteiger partial charge is 0.393 e. The van der Waals surface area contributed by atoms with E-state index in [9.17, 15) is 8.42 Å². The number of rotatable bonds is 6. The highest BCUT2D eigenvalue weighted by molar-refractivity contribution is 7.86. The van der Waals surface area contributed by atoms with E-state index in [0.717, 1.165) is 25.7 Å². The van der Waals surface area contributed by atoms with Gasteiger partial charge in [0.1, 0.15) is 0 Å². The summed E-state index contributed by atoms with van der Waals surface area (Å²) in [5.74, 6) is 0. The van der Waals surface area contributed by atoms with Crippen LogP contribution in [-0.4, -0.2) is 48.2 Å². The van der Waals surface area contributed by atoms with Gasteiger partial charge < -0.3 is 5.73 Å². The summed E-state index contributed by atoms with van der Waals surface area (Å²) < 4.78 is 28.0. The standard InChI is InChI=1S/C11H23N3O2S2/c1-2-13(10-7-11(12)17)18(15,16)14-8-5-3-4-6-9-14/h2-10H2,1H3,(H2,12,17). The fourth-order valence-corrected chi connectivity index (χ4v) is 3.89. The van der Waals surface area contributed by atoms with E-state index in [2.05, 4.69) is 0 Å². The Bertz CT molecular complexity index is 362. The van der Waals surface area contributed by atoms with Crippen molar-refractivity contribution in [2.45, 2.75) is 39.0 Å². The van der Waals surface area contributed by atoms with Crippen LogP contribution in [0.15, 0.2) is 0 Å². The van der Waals surface area contributed by atoms with Crippen molar-refractivity contribution in [3.63, 3.8) is 0 Å². The third-order valence-corrected chi connectivity index (χ3v) is 5.49. The number of nitrogens with zero attached hydrogens (tertiary/aromatic N) is 2. The minimum Gasteiger partial charge on any atom is -0.393 e. The summed E-state index contributed by atoms with van der Waals surface area (Å²) in [5.41, 5.74) is 5.44. The van der Waals surface area contributed by atoms with Gasteiger partial charge in [0.05, 0.1) is 4.99 Å². The maximum Gasteiger partial charge on any atom is 0.281 e. The molecule has 0 aliphatic carbocycles. The van der Waals surface area contributed by atoms with Crippen LogP contribution < -0.4 is 5.73 Å². The van der Waals surface area contributed by atoms with Crippen molar-refractivity contribution < 1.29 is 8.42 Å². The molecule has 1 rings (SSSR count). The second kappa shape index (κ2) is 7.37. The van der Waals surface area contributed by atoms with Crippen molar-refractivity contribution in [3.8, 4) is 0 Å². The molecule has 0 amide bonds. The van der Waals surface area contributed by atoms with E-state index < -0.39 is 10.2 Å². The van der Waals surface area contributed by atoms with E-state index in [1.165, 1.54) is 4.31 Å². The van der Waals surface area contributed by atoms with Crippen LogP contribution in [0.2, 0.25) is 0 Å². The van der Waals surface area contributed by atoms with Gasteiger partial charge in [-0.15, -0.1) is 0 Å². The monoisotopic (exact) mass is 293 g/mol. The highest BCUT2D eigenvalue weighted by Crippen LogP contribution is 2.16. The molecule has 0 aromatic heterocycles. The zero-order valence-corrected chi connectivity index (χ0v) is 12.6. The lowest BCUT2D eigenvalue weighted by Crippen LogP contribution is -2.45. The van der Waals surface area contributed by atoms with Crippen LogP contribution in [-0.2, 0) is 10.2 Å². The molecule has 18 heavy (non-hydrogen) atoms. The molecule has 7 heteroatoms. The van der Waals surface area contributed by atoms with Crippen molar-refractivity contribution in [2.24, 2.45) is 5.73 Å². The molecule has 0 radical (unpaired) electrons. The fourth-order valence-electron chi connectivity index (χ4n) is 2.11. The van der Waals surface area contributed by atoms with Gasteiger partial charge in [-0.25, -0.2) is 0 Å². The lowest BCUT2D eigenvalue weighted by Gasteiger charge is -2.28. The molecule has 0 bridgehead atoms. The molecule has 0 aromatic rings. The summed E-state index contributed by atoms with van der Waals surface area (Å²) in [7, 11) is -3.34. The summed E-state index contributed by atoms with van der Waals surface area (Å²) >= 11 is 4.81. The molecule has 1 fully saturated rings. The zero-order chi connectivity index (χ0) is 13.6. The Labute approximate surface area is 115 Å². The summed E-state index contributed by atoms with van der Waals surface area (Å²) in [5, 5.41) is 0. The number of hydrogen-bond donors (Lipinski definition) is 1. The Hall–Kier alpha value is -0.240. The van der Waals surface area contributed by atoms with E-state index in [4.69, 9.17) is 18.0 Å². The first kappa shape index (κ1) is 15.8. The zero-order valence-electron chi connectivity index (χ0n) is 11.0. The lowest BCUT2D eigenvalue weighted by molar-refractivity contribution is 0.351. The van der Waals surface area contributed by atoms with E-state index in [0.29, 0.717) is 37.6 Å². The van der Waals surface area contributed by atoms with Crippen LogP contribution in [0.3, 0.4) is 0 Å². The first-order valence-electron chi connectivity index (χ1n) is 6.52. The quantitative estimate of drug-likeness (QED) is 0.745. The van der Waals surface area contributed by atoms with Crippen LogP contribution in [0.25, 0.3) is 0 Å². The summed E-state index contributed by atoms with van der Waals surface area (Å²) in [4.78, 5) is 0.361. The molecule has 1 aliphatic rings. The average molecular weight is 293 g/mol. The number of thiocarbonyl (C=S) groups is 1. The van der Waals surface area contributed by atoms with Crippen molar-refractivity contribution in [2.75, 3.05) is 26.2 Å². The number of nitrogens with two attached hydrogens (primary N) is 1. The van der Waals surface area contributed by atoms with Gasteiger partial charge in [-0.3, -0.25) is 0 Å². The van der Waals surface area contributed by atoms with Crippen LogP contribution in [0.4, 0.5) is 0 Å². The molecule has 106 valence electrons. The molecule has 1 heterocycles. The minimum atomic E-state index is -3.34. The maximum atomic E-state index is 12.4. The predicted octanol–water partition coefficient (Wildman–Crippen LogP) is 1.11. The van der Waals surface area contributed by atoms with E-state index in [1.807, 2.05) is 6.92 Å². The SMILES string of the molecule is CCN(CCC(N)=S)S(=O)(=O)N1CCCCCC1. The van der Waals surface area contributed by atoms with Crippen LogP contribution in [0.1, 0.15) is 39.0 Å². The molecule has 0 aromatic carbocycles. The second-order valence-electron chi connectivity index (χ2n) is 4.53. The van der Waals surface area contributed by atoms with Crippen LogP contribution in [0, 0.1) is 0 Å². The Morgan fingerprint density at radius 1 is 1.28 bits per heavy atom. The Balaban J connectivity index is 2.70. The highest BCUT2D eigenvalue weighted by atomic mass is 32.2. The first-order valence-corrected chi connectivity index (χ1v) is 8.32. The summed E-state index contributed by atoms with van der Waals surface area (Å²) in [6, 6.07) is 0. The van der Waals surface area contributed by atoms with Crippen LogP contribution in [0.5, 0.6) is 0 Å². The van der Waals surface area contributed by atoms with E-state index in [1.54, 1.807) is 4.31 Å². The minimum absolute atomic E-state index is 0.361. The van der Waals surface area contributed by atoms with Crippen molar-refractivity contribution in [1.82, 2.24) is 8.61 Å². The van der Waals surface area contributed by atoms with Gasteiger partial charge in [0, 0.05) is 32.6 Å². The summed E-state index contributed by atoms with van der Waals surface area (Å²) in [6.07, 6.45) is 4.57. The predicted molar refractivity (Wildman–Crippen MR) is 77.6 cm³/mol. The van der Waals surface area contributed by atoms with Gasteiger partial charge in [0.25, 0.3) is 10.2 Å². The van der Waals surface area contributed by atoms with Gasteiger partial charge in [-0.05, 0) is 12.8 Å². The van der Waals surface area contributed by atoms with Gasteiger partial charge in [-0.1, -0.05) is 32.0 Å². The molecule has 0 unspecified atom stereocenters. The van der Waals surface area contributed by atoms with E-state index >= 15 is 0 Å². The fraction of sp³-hybridized carbons (Fsp3) is 0.909. The van der Waals surface area contributed by atoms with Crippen molar-refractivity contribution >= 4 is 27.4 Å². The Kier molecular flexibility index (Phi) is 6.48. The van der Waals surface area contributed by atoms with Gasteiger partial charge >= 0.3 is 0 Å². The molecular formula is C11H23N3O2S2. The van der Waals surface area contributed by atoms with Gasteiger partial charge in [0.2, 0.25) is 0 Å². The molecule has 0 spiro atoms. The van der Waals surface area contributed by atoms with Gasteiger partial charge in [-0.2, -0.15) is 17.0 Å². The normalized spacial score (nSPS) is 18.8. The first-order chi connectivity index (χ1) is 8.48.